The Morgan fingerprint density at radius 2 is 1.80 bits per heavy atom. The van der Waals surface area contributed by atoms with E-state index in [2.05, 4.69) is 16.8 Å². The van der Waals surface area contributed by atoms with E-state index in [1.807, 2.05) is 55.8 Å². The Morgan fingerprint density at radius 3 is 2.57 bits per heavy atom. The Morgan fingerprint density at radius 1 is 0.955 bits per heavy atom. The Labute approximate surface area is 260 Å². The van der Waals surface area contributed by atoms with Crippen molar-refractivity contribution in [3.63, 3.8) is 0 Å². The molecule has 0 radical (unpaired) electrons. The summed E-state index contributed by atoms with van der Waals surface area (Å²) in [5.74, 6) is 1.42. The molecule has 3 amide bonds. The zero-order valence-corrected chi connectivity index (χ0v) is 26.4. The summed E-state index contributed by atoms with van der Waals surface area (Å²) in [6, 6.07) is 9.63. The summed E-state index contributed by atoms with van der Waals surface area (Å²) < 4.78 is 18.7. The highest BCUT2D eigenvalue weighted by Crippen LogP contribution is 2.34. The standard InChI is InChI=1S/C33H46N6O5/c1-4-5-6-21-44-30-23-27(8-9-29(30)43-3)39-14-7-13-38(33(39)41)24-26-10-12-34-32-28(26)11-15-37(32)25-31(40)36-18-16-35(17-19-36)20-22-42-2/h8-12,15,23H,4-7,13-14,16-22,24-25H2,1-3H3. The van der Waals surface area contributed by atoms with E-state index in [1.54, 1.807) is 20.4 Å². The second-order valence-electron chi connectivity index (χ2n) is 11.5. The van der Waals surface area contributed by atoms with Crippen LogP contribution in [0.3, 0.4) is 0 Å². The van der Waals surface area contributed by atoms with Gasteiger partial charge in [-0.05, 0) is 42.7 Å². The van der Waals surface area contributed by atoms with E-state index in [0.29, 0.717) is 57.4 Å². The molecule has 3 aromatic rings. The number of benzene rings is 1. The number of pyridine rings is 1. The van der Waals surface area contributed by atoms with Gasteiger partial charge >= 0.3 is 6.03 Å². The number of fused-ring (bicyclic) bond motifs is 1. The van der Waals surface area contributed by atoms with Crippen molar-refractivity contribution in [1.29, 1.82) is 0 Å². The third-order valence-electron chi connectivity index (χ3n) is 8.53. The van der Waals surface area contributed by atoms with Gasteiger partial charge in [0.25, 0.3) is 0 Å². The second kappa shape index (κ2) is 15.3. The summed E-state index contributed by atoms with van der Waals surface area (Å²) in [5, 5.41) is 0.960. The van der Waals surface area contributed by atoms with Crippen LogP contribution in [0.5, 0.6) is 11.5 Å². The first-order chi connectivity index (χ1) is 21.5. The highest BCUT2D eigenvalue weighted by Gasteiger charge is 2.28. The molecule has 4 heterocycles. The van der Waals surface area contributed by atoms with Crippen LogP contribution < -0.4 is 14.4 Å². The fourth-order valence-corrected chi connectivity index (χ4v) is 5.95. The Balaban J connectivity index is 1.24. The van der Waals surface area contributed by atoms with Crippen LogP contribution in [-0.4, -0.2) is 109 Å². The molecular weight excluding hydrogens is 560 g/mol. The van der Waals surface area contributed by atoms with Crippen LogP contribution in [0.4, 0.5) is 10.5 Å². The molecule has 5 rings (SSSR count). The normalized spacial score (nSPS) is 16.2. The van der Waals surface area contributed by atoms with E-state index in [0.717, 1.165) is 67.6 Å². The van der Waals surface area contributed by atoms with Crippen LogP contribution in [-0.2, 0) is 22.6 Å². The van der Waals surface area contributed by atoms with Crippen molar-refractivity contribution in [2.45, 2.75) is 45.7 Å². The van der Waals surface area contributed by atoms with Crippen molar-refractivity contribution in [3.8, 4) is 11.5 Å². The largest absolute Gasteiger partial charge is 0.493 e. The molecule has 1 aromatic carbocycles. The highest BCUT2D eigenvalue weighted by molar-refractivity contribution is 5.93. The third kappa shape index (κ3) is 7.44. The number of rotatable bonds is 14. The van der Waals surface area contributed by atoms with Crippen LogP contribution in [0.15, 0.2) is 42.7 Å². The number of anilines is 1. The van der Waals surface area contributed by atoms with Gasteiger partial charge in [0.1, 0.15) is 12.2 Å². The monoisotopic (exact) mass is 606 g/mol. The summed E-state index contributed by atoms with van der Waals surface area (Å²) in [7, 11) is 3.34. The molecule has 0 bridgehead atoms. The molecule has 2 fully saturated rings. The van der Waals surface area contributed by atoms with Crippen LogP contribution in [0.2, 0.25) is 0 Å². The Bertz CT molecular complexity index is 1400. The zero-order valence-electron chi connectivity index (χ0n) is 26.4. The first kappa shape index (κ1) is 31.6. The van der Waals surface area contributed by atoms with E-state index in [9.17, 15) is 9.59 Å². The number of piperazine rings is 1. The first-order valence-corrected chi connectivity index (χ1v) is 15.8. The lowest BCUT2D eigenvalue weighted by Crippen LogP contribution is -2.50. The molecule has 2 saturated heterocycles. The molecule has 0 aliphatic carbocycles. The number of carbonyl (C=O) groups excluding carboxylic acids is 2. The van der Waals surface area contributed by atoms with Gasteiger partial charge in [-0.15, -0.1) is 0 Å². The molecule has 11 heteroatoms. The van der Waals surface area contributed by atoms with Gasteiger partial charge in [0.05, 0.1) is 20.3 Å². The third-order valence-corrected chi connectivity index (χ3v) is 8.53. The predicted molar refractivity (Wildman–Crippen MR) is 170 cm³/mol. The van der Waals surface area contributed by atoms with Crippen LogP contribution in [0.1, 0.15) is 38.2 Å². The maximum Gasteiger partial charge on any atom is 0.324 e. The number of urea groups is 1. The molecule has 0 unspecified atom stereocenters. The first-order valence-electron chi connectivity index (χ1n) is 15.8. The quantitative estimate of drug-likeness (QED) is 0.254. The van der Waals surface area contributed by atoms with Gasteiger partial charge in [0.2, 0.25) is 5.91 Å². The molecule has 238 valence electrons. The van der Waals surface area contributed by atoms with Gasteiger partial charge in [-0.2, -0.15) is 0 Å². The fraction of sp³-hybridized carbons (Fsp3) is 0.545. The molecule has 2 aromatic heterocycles. The predicted octanol–water partition coefficient (Wildman–Crippen LogP) is 4.24. The van der Waals surface area contributed by atoms with E-state index >= 15 is 0 Å². The average molecular weight is 607 g/mol. The molecule has 0 N–H and O–H groups in total. The summed E-state index contributed by atoms with van der Waals surface area (Å²) in [4.78, 5) is 39.5. The van der Waals surface area contributed by atoms with Crippen LogP contribution >= 0.6 is 0 Å². The topological polar surface area (TPSA) is 92.6 Å². The number of hydrogen-bond acceptors (Lipinski definition) is 7. The number of amides is 3. The lowest BCUT2D eigenvalue weighted by molar-refractivity contribution is -0.133. The number of nitrogens with zero attached hydrogens (tertiary/aromatic N) is 6. The van der Waals surface area contributed by atoms with E-state index < -0.39 is 0 Å². The van der Waals surface area contributed by atoms with E-state index in [-0.39, 0.29) is 18.5 Å². The summed E-state index contributed by atoms with van der Waals surface area (Å²) in [5.41, 5.74) is 2.57. The Hall–Kier alpha value is -3.83. The lowest BCUT2D eigenvalue weighted by Gasteiger charge is -2.36. The number of hydrogen-bond donors (Lipinski definition) is 0. The van der Waals surface area contributed by atoms with Crippen LogP contribution in [0.25, 0.3) is 11.0 Å². The molecule has 0 spiro atoms. The minimum Gasteiger partial charge on any atom is -0.493 e. The lowest BCUT2D eigenvalue weighted by atomic mass is 10.1. The summed E-state index contributed by atoms with van der Waals surface area (Å²) in [6.45, 7) is 9.54. The van der Waals surface area contributed by atoms with E-state index in [1.165, 1.54) is 0 Å². The molecule has 0 atom stereocenters. The molecule has 2 aliphatic rings. The number of carbonyl (C=O) groups is 2. The maximum atomic E-state index is 13.7. The van der Waals surface area contributed by atoms with Crippen molar-refractivity contribution in [3.05, 3.63) is 48.3 Å². The SMILES string of the molecule is CCCCCOc1cc(N2CCCN(Cc3ccnc4c3ccn4CC(=O)N3CCN(CCOC)CC3)C2=O)ccc1OC. The summed E-state index contributed by atoms with van der Waals surface area (Å²) >= 11 is 0. The van der Waals surface area contributed by atoms with Gasteiger partial charge in [0.15, 0.2) is 11.5 Å². The van der Waals surface area contributed by atoms with Crippen molar-refractivity contribution in [2.24, 2.45) is 0 Å². The second-order valence-corrected chi connectivity index (χ2v) is 11.5. The number of methoxy groups -OCH3 is 2. The number of unbranched alkanes of at least 4 members (excludes halogenated alkanes) is 2. The van der Waals surface area contributed by atoms with Gasteiger partial charge in [-0.3, -0.25) is 14.6 Å². The number of aromatic nitrogens is 2. The molecule has 11 nitrogen and oxygen atoms in total. The minimum atomic E-state index is -0.0393. The smallest absolute Gasteiger partial charge is 0.324 e. The fourth-order valence-electron chi connectivity index (χ4n) is 5.95. The van der Waals surface area contributed by atoms with Gasteiger partial charge in [-0.25, -0.2) is 9.78 Å². The van der Waals surface area contributed by atoms with Crippen molar-refractivity contribution < 1.29 is 23.8 Å². The van der Waals surface area contributed by atoms with Crippen molar-refractivity contribution in [1.82, 2.24) is 24.3 Å². The molecule has 44 heavy (non-hydrogen) atoms. The zero-order chi connectivity index (χ0) is 30.9. The Kier molecular flexibility index (Phi) is 11.0. The molecular formula is C33H46N6O5. The maximum absolute atomic E-state index is 13.7. The van der Waals surface area contributed by atoms with Gasteiger partial charge in [-0.1, -0.05) is 19.8 Å². The van der Waals surface area contributed by atoms with Crippen molar-refractivity contribution in [2.75, 3.05) is 78.1 Å². The summed E-state index contributed by atoms with van der Waals surface area (Å²) in [6.07, 6.45) is 7.76. The highest BCUT2D eigenvalue weighted by atomic mass is 16.5. The van der Waals surface area contributed by atoms with Crippen molar-refractivity contribution >= 4 is 28.7 Å². The average Bonchev–Trinajstić information content (AvgIpc) is 3.46. The van der Waals surface area contributed by atoms with E-state index in [4.69, 9.17) is 14.2 Å². The molecule has 0 saturated carbocycles. The van der Waals surface area contributed by atoms with Gasteiger partial charge < -0.3 is 28.6 Å². The number of ether oxygens (including phenoxy) is 3. The van der Waals surface area contributed by atoms with Crippen LogP contribution in [0, 0.1) is 0 Å². The minimum absolute atomic E-state index is 0.0393. The van der Waals surface area contributed by atoms with Gasteiger partial charge in [0, 0.05) is 89.0 Å². The molecule has 2 aliphatic heterocycles.